The number of unbranched alkanes of at least 4 members (excludes halogenated alkanes) is 1. The third-order valence-corrected chi connectivity index (χ3v) is 3.81. The van der Waals surface area contributed by atoms with E-state index in [0.717, 1.165) is 41.8 Å². The van der Waals surface area contributed by atoms with Crippen molar-refractivity contribution in [2.45, 2.75) is 26.2 Å². The maximum absolute atomic E-state index is 6.10. The summed E-state index contributed by atoms with van der Waals surface area (Å²) in [5.74, 6) is 0.933. The van der Waals surface area contributed by atoms with Crippen LogP contribution in [0.15, 0.2) is 18.3 Å². The van der Waals surface area contributed by atoms with Crippen LogP contribution in [0.25, 0.3) is 16.7 Å². The van der Waals surface area contributed by atoms with E-state index in [4.69, 9.17) is 23.2 Å². The van der Waals surface area contributed by atoms with E-state index in [1.54, 1.807) is 12.3 Å². The van der Waals surface area contributed by atoms with E-state index in [1.807, 2.05) is 10.5 Å². The van der Waals surface area contributed by atoms with Crippen molar-refractivity contribution in [2.24, 2.45) is 0 Å². The second-order valence-electron chi connectivity index (χ2n) is 4.43. The van der Waals surface area contributed by atoms with Gasteiger partial charge in [-0.05, 0) is 18.6 Å². The number of hydrogen-bond acceptors (Lipinski definition) is 3. The van der Waals surface area contributed by atoms with Crippen LogP contribution in [0.2, 0.25) is 10.0 Å². The van der Waals surface area contributed by atoms with E-state index < -0.39 is 0 Å². The summed E-state index contributed by atoms with van der Waals surface area (Å²) < 4.78 is 2.00. The van der Waals surface area contributed by atoms with Gasteiger partial charge in [0.25, 0.3) is 0 Å². The van der Waals surface area contributed by atoms with Gasteiger partial charge in [0, 0.05) is 6.42 Å². The Morgan fingerprint density at radius 1 is 1.16 bits per heavy atom. The van der Waals surface area contributed by atoms with E-state index in [0.29, 0.717) is 10.0 Å². The fourth-order valence-electron chi connectivity index (χ4n) is 2.11. The Bertz CT molecular complexity index is 751. The molecule has 0 unspecified atom stereocenters. The van der Waals surface area contributed by atoms with Gasteiger partial charge in [0.15, 0.2) is 5.65 Å². The maximum atomic E-state index is 6.10. The van der Waals surface area contributed by atoms with Gasteiger partial charge in [0.2, 0.25) is 0 Å². The Hall–Kier alpha value is -1.39. The standard InChI is InChI=1S/C13H12Cl2N4/c1-2-3-4-12-17-18-13-7-16-10-5-8(14)9(15)6-11(10)19(12)13/h5-7H,2-4H2,1H3. The summed E-state index contributed by atoms with van der Waals surface area (Å²) >= 11 is 12.1. The van der Waals surface area contributed by atoms with Gasteiger partial charge in [0.05, 0.1) is 27.3 Å². The predicted octanol–water partition coefficient (Wildman–Crippen LogP) is 3.93. The average molecular weight is 295 g/mol. The molecule has 0 saturated heterocycles. The highest BCUT2D eigenvalue weighted by Crippen LogP contribution is 2.27. The quantitative estimate of drug-likeness (QED) is 0.735. The first-order valence-electron chi connectivity index (χ1n) is 6.18. The number of benzene rings is 1. The molecule has 3 aromatic rings. The molecule has 6 heteroatoms. The molecule has 0 bridgehead atoms. The molecule has 0 atom stereocenters. The van der Waals surface area contributed by atoms with Crippen LogP contribution in [-0.4, -0.2) is 19.6 Å². The lowest BCUT2D eigenvalue weighted by Crippen LogP contribution is -1.98. The first kappa shape index (κ1) is 12.6. The topological polar surface area (TPSA) is 43.1 Å². The maximum Gasteiger partial charge on any atom is 0.179 e. The molecule has 0 spiro atoms. The molecule has 0 fully saturated rings. The molecule has 0 radical (unpaired) electrons. The van der Waals surface area contributed by atoms with Gasteiger partial charge in [-0.25, -0.2) is 0 Å². The van der Waals surface area contributed by atoms with E-state index in [1.165, 1.54) is 0 Å². The summed E-state index contributed by atoms with van der Waals surface area (Å²) in [5, 5.41) is 9.40. The van der Waals surface area contributed by atoms with Crippen molar-refractivity contribution >= 4 is 39.9 Å². The third kappa shape index (κ3) is 2.15. The van der Waals surface area contributed by atoms with Gasteiger partial charge in [-0.3, -0.25) is 9.38 Å². The van der Waals surface area contributed by atoms with Gasteiger partial charge in [-0.2, -0.15) is 0 Å². The summed E-state index contributed by atoms with van der Waals surface area (Å²) in [6.45, 7) is 2.15. The van der Waals surface area contributed by atoms with Gasteiger partial charge in [-0.1, -0.05) is 36.5 Å². The van der Waals surface area contributed by atoms with Gasteiger partial charge in [-0.15, -0.1) is 10.2 Å². The monoisotopic (exact) mass is 294 g/mol. The molecule has 0 amide bonds. The van der Waals surface area contributed by atoms with Crippen molar-refractivity contribution < 1.29 is 0 Å². The summed E-state index contributed by atoms with van der Waals surface area (Å²) in [6, 6.07) is 3.58. The molecule has 2 aromatic heterocycles. The molecule has 4 nitrogen and oxygen atoms in total. The molecule has 0 saturated carbocycles. The summed E-state index contributed by atoms with van der Waals surface area (Å²) in [7, 11) is 0. The molecule has 0 aliphatic rings. The minimum Gasteiger partial charge on any atom is -0.276 e. The second-order valence-corrected chi connectivity index (χ2v) is 5.24. The zero-order valence-electron chi connectivity index (χ0n) is 10.4. The highest BCUT2D eigenvalue weighted by atomic mass is 35.5. The molecule has 0 aliphatic carbocycles. The normalized spacial score (nSPS) is 11.5. The molecule has 19 heavy (non-hydrogen) atoms. The number of rotatable bonds is 3. The van der Waals surface area contributed by atoms with Crippen molar-refractivity contribution in [2.75, 3.05) is 0 Å². The minimum absolute atomic E-state index is 0.504. The van der Waals surface area contributed by atoms with Crippen LogP contribution in [0.4, 0.5) is 0 Å². The fourth-order valence-corrected chi connectivity index (χ4v) is 2.42. The number of fused-ring (bicyclic) bond motifs is 3. The Kier molecular flexibility index (Phi) is 3.29. The van der Waals surface area contributed by atoms with Crippen LogP contribution in [0.5, 0.6) is 0 Å². The Morgan fingerprint density at radius 3 is 2.74 bits per heavy atom. The number of aryl methyl sites for hydroxylation is 1. The van der Waals surface area contributed by atoms with Crippen molar-refractivity contribution in [3.63, 3.8) is 0 Å². The van der Waals surface area contributed by atoms with E-state index in [9.17, 15) is 0 Å². The third-order valence-electron chi connectivity index (χ3n) is 3.09. The van der Waals surface area contributed by atoms with Crippen LogP contribution in [-0.2, 0) is 6.42 Å². The minimum atomic E-state index is 0.504. The molecule has 98 valence electrons. The first-order valence-corrected chi connectivity index (χ1v) is 6.94. The lowest BCUT2D eigenvalue weighted by Gasteiger charge is -2.05. The molecule has 3 rings (SSSR count). The zero-order chi connectivity index (χ0) is 13.4. The summed E-state index contributed by atoms with van der Waals surface area (Å²) in [5.41, 5.74) is 2.42. The van der Waals surface area contributed by atoms with E-state index in [-0.39, 0.29) is 0 Å². The first-order chi connectivity index (χ1) is 9.20. The Balaban J connectivity index is 2.30. The van der Waals surface area contributed by atoms with E-state index >= 15 is 0 Å². The summed E-state index contributed by atoms with van der Waals surface area (Å²) in [4.78, 5) is 4.34. The molecular formula is C13H12Cl2N4. The molecule has 0 N–H and O–H groups in total. The van der Waals surface area contributed by atoms with Gasteiger partial charge in [0.1, 0.15) is 5.82 Å². The fraction of sp³-hybridized carbons (Fsp3) is 0.308. The predicted molar refractivity (Wildman–Crippen MR) is 76.9 cm³/mol. The Labute approximate surface area is 120 Å². The molecule has 1 aromatic carbocycles. The molecule has 2 heterocycles. The van der Waals surface area contributed by atoms with Crippen molar-refractivity contribution in [3.05, 3.63) is 34.2 Å². The lowest BCUT2D eigenvalue weighted by atomic mass is 10.2. The van der Waals surface area contributed by atoms with Crippen molar-refractivity contribution in [1.82, 2.24) is 19.6 Å². The number of aromatic nitrogens is 4. The number of hydrogen-bond donors (Lipinski definition) is 0. The van der Waals surface area contributed by atoms with E-state index in [2.05, 4.69) is 22.1 Å². The number of nitrogens with zero attached hydrogens (tertiary/aromatic N) is 4. The van der Waals surface area contributed by atoms with Crippen LogP contribution < -0.4 is 0 Å². The van der Waals surface area contributed by atoms with Crippen LogP contribution in [0.3, 0.4) is 0 Å². The summed E-state index contributed by atoms with van der Waals surface area (Å²) in [6.07, 6.45) is 4.78. The smallest absolute Gasteiger partial charge is 0.179 e. The molecule has 0 aliphatic heterocycles. The van der Waals surface area contributed by atoms with Crippen molar-refractivity contribution in [3.8, 4) is 0 Å². The number of halogens is 2. The molecular weight excluding hydrogens is 283 g/mol. The van der Waals surface area contributed by atoms with Crippen LogP contribution in [0.1, 0.15) is 25.6 Å². The van der Waals surface area contributed by atoms with Gasteiger partial charge >= 0.3 is 0 Å². The largest absolute Gasteiger partial charge is 0.276 e. The van der Waals surface area contributed by atoms with Gasteiger partial charge < -0.3 is 0 Å². The average Bonchev–Trinajstić information content (AvgIpc) is 2.81. The highest BCUT2D eigenvalue weighted by molar-refractivity contribution is 6.42. The Morgan fingerprint density at radius 2 is 1.95 bits per heavy atom. The lowest BCUT2D eigenvalue weighted by molar-refractivity contribution is 0.747. The zero-order valence-corrected chi connectivity index (χ0v) is 11.9. The van der Waals surface area contributed by atoms with Crippen molar-refractivity contribution in [1.29, 1.82) is 0 Å². The van der Waals surface area contributed by atoms with Crippen LogP contribution >= 0.6 is 23.2 Å². The highest BCUT2D eigenvalue weighted by Gasteiger charge is 2.11. The second kappa shape index (κ2) is 4.94. The van der Waals surface area contributed by atoms with Crippen LogP contribution in [0, 0.1) is 0 Å². The SMILES string of the molecule is CCCCc1nnc2cnc3cc(Cl)c(Cl)cc3n12.